The fourth-order valence-electron chi connectivity index (χ4n) is 1.08. The summed E-state index contributed by atoms with van der Waals surface area (Å²) in [5, 5.41) is 9.67. The Morgan fingerprint density at radius 1 is 1.29 bits per heavy atom. The van der Waals surface area contributed by atoms with E-state index < -0.39 is 5.97 Å². The van der Waals surface area contributed by atoms with E-state index in [0.717, 1.165) is 11.8 Å². The van der Waals surface area contributed by atoms with E-state index in [1.807, 2.05) is 0 Å². The van der Waals surface area contributed by atoms with Crippen LogP contribution in [0.15, 0.2) is 40.8 Å². The second kappa shape index (κ2) is 4.79. The molecule has 0 spiro atoms. The molecule has 2 rings (SSSR count). The number of nitrogens with zero attached hydrogens (tertiary/aromatic N) is 3. The zero-order valence-corrected chi connectivity index (χ0v) is 9.39. The highest BCUT2D eigenvalue weighted by Gasteiger charge is 2.10. The van der Waals surface area contributed by atoms with Crippen LogP contribution in [0.4, 0.5) is 5.69 Å². The summed E-state index contributed by atoms with van der Waals surface area (Å²) in [4.78, 5) is 22.7. The maximum atomic E-state index is 10.8. The topological polar surface area (TPSA) is 102 Å². The Bertz CT molecular complexity index is 547. The molecule has 0 aliphatic carbocycles. The van der Waals surface area contributed by atoms with E-state index in [2.05, 4.69) is 15.0 Å². The van der Waals surface area contributed by atoms with Crippen LogP contribution < -0.4 is 5.73 Å². The lowest BCUT2D eigenvalue weighted by atomic mass is 10.3. The number of carboxylic acid groups (broad SMARTS) is 1. The molecule has 0 atom stereocenters. The van der Waals surface area contributed by atoms with Gasteiger partial charge >= 0.3 is 5.97 Å². The lowest BCUT2D eigenvalue weighted by Gasteiger charge is -2.03. The number of nitrogen functional groups attached to an aromatic ring is 1. The number of hydrogen-bond acceptors (Lipinski definition) is 6. The predicted molar refractivity (Wildman–Crippen MR) is 61.8 cm³/mol. The molecule has 0 aromatic carbocycles. The number of nitrogens with two attached hydrogens (primary N) is 1. The van der Waals surface area contributed by atoms with E-state index in [0.29, 0.717) is 15.9 Å². The number of pyridine rings is 1. The van der Waals surface area contributed by atoms with Gasteiger partial charge in [0.15, 0.2) is 5.16 Å². The van der Waals surface area contributed by atoms with Crippen LogP contribution in [-0.2, 0) is 0 Å². The van der Waals surface area contributed by atoms with Crippen molar-refractivity contribution in [2.45, 2.75) is 10.2 Å². The van der Waals surface area contributed by atoms with E-state index >= 15 is 0 Å². The average Bonchev–Trinajstić information content (AvgIpc) is 2.33. The van der Waals surface area contributed by atoms with Crippen molar-refractivity contribution >= 4 is 23.4 Å². The van der Waals surface area contributed by atoms with Gasteiger partial charge in [-0.15, -0.1) is 0 Å². The summed E-state index contributed by atoms with van der Waals surface area (Å²) in [5.74, 6) is -1.10. The van der Waals surface area contributed by atoms with Crippen LogP contribution in [0.1, 0.15) is 10.5 Å². The molecule has 0 unspecified atom stereocenters. The van der Waals surface area contributed by atoms with Crippen LogP contribution in [0.25, 0.3) is 0 Å². The zero-order chi connectivity index (χ0) is 12.3. The highest BCUT2D eigenvalue weighted by molar-refractivity contribution is 7.99. The van der Waals surface area contributed by atoms with Gasteiger partial charge in [-0.25, -0.2) is 19.7 Å². The van der Waals surface area contributed by atoms with Gasteiger partial charge < -0.3 is 10.8 Å². The van der Waals surface area contributed by atoms with Crippen molar-refractivity contribution in [1.29, 1.82) is 0 Å². The fourth-order valence-corrected chi connectivity index (χ4v) is 1.81. The van der Waals surface area contributed by atoms with Crippen LogP contribution in [0.2, 0.25) is 0 Å². The van der Waals surface area contributed by atoms with E-state index in [9.17, 15) is 4.79 Å². The number of anilines is 1. The van der Waals surface area contributed by atoms with Crippen LogP contribution in [-0.4, -0.2) is 26.0 Å². The molecule has 0 aliphatic heterocycles. The number of carboxylic acids is 1. The first-order chi connectivity index (χ1) is 8.16. The van der Waals surface area contributed by atoms with Crippen LogP contribution >= 0.6 is 11.8 Å². The summed E-state index contributed by atoms with van der Waals surface area (Å²) >= 11 is 1.12. The van der Waals surface area contributed by atoms with Gasteiger partial charge in [0.2, 0.25) is 0 Å². The maximum Gasteiger partial charge on any atom is 0.354 e. The summed E-state index contributed by atoms with van der Waals surface area (Å²) in [5.41, 5.74) is 6.04. The third kappa shape index (κ3) is 2.70. The molecule has 0 radical (unpaired) electrons. The second-order valence-electron chi connectivity index (χ2n) is 3.03. The Hall–Kier alpha value is -2.15. The number of aromatic nitrogens is 3. The lowest BCUT2D eigenvalue weighted by molar-refractivity contribution is 0.0690. The number of aromatic carboxylic acids is 1. The molecule has 86 valence electrons. The molecule has 6 nitrogen and oxygen atoms in total. The second-order valence-corrected chi connectivity index (χ2v) is 3.99. The molecule has 0 bridgehead atoms. The normalized spacial score (nSPS) is 10.1. The minimum absolute atomic E-state index is 0.0577. The van der Waals surface area contributed by atoms with Crippen molar-refractivity contribution in [2.75, 3.05) is 5.73 Å². The van der Waals surface area contributed by atoms with Crippen molar-refractivity contribution in [2.24, 2.45) is 0 Å². The summed E-state index contributed by atoms with van der Waals surface area (Å²) < 4.78 is 0. The van der Waals surface area contributed by atoms with Gasteiger partial charge in [-0.2, -0.15) is 0 Å². The van der Waals surface area contributed by atoms with Gasteiger partial charge in [0.05, 0.1) is 5.69 Å². The smallest absolute Gasteiger partial charge is 0.354 e. The number of hydrogen-bond donors (Lipinski definition) is 2. The standard InChI is InChI=1S/C10H8N4O2S/c11-6-2-3-7(9(15)16)14-8(6)17-10-12-4-1-5-13-10/h1-5H,11H2,(H,15,16). The van der Waals surface area contributed by atoms with Crippen molar-refractivity contribution in [3.05, 3.63) is 36.3 Å². The number of rotatable bonds is 3. The summed E-state index contributed by atoms with van der Waals surface area (Å²) in [7, 11) is 0. The SMILES string of the molecule is Nc1ccc(C(=O)O)nc1Sc1ncccn1. The van der Waals surface area contributed by atoms with Gasteiger partial charge in [0.1, 0.15) is 10.7 Å². The molecule has 3 N–H and O–H groups in total. The Kier molecular flexibility index (Phi) is 3.20. The van der Waals surface area contributed by atoms with Gasteiger partial charge in [-0.05, 0) is 30.0 Å². The van der Waals surface area contributed by atoms with Crippen molar-refractivity contribution in [3.63, 3.8) is 0 Å². The Balaban J connectivity index is 2.32. The Labute approximate surface area is 101 Å². The largest absolute Gasteiger partial charge is 0.477 e. The van der Waals surface area contributed by atoms with Gasteiger partial charge in [-0.1, -0.05) is 0 Å². The first kappa shape index (κ1) is 11.3. The van der Waals surface area contributed by atoms with E-state index in [1.54, 1.807) is 18.5 Å². The summed E-state index contributed by atoms with van der Waals surface area (Å²) in [6.07, 6.45) is 3.18. The van der Waals surface area contributed by atoms with Crippen LogP contribution in [0.5, 0.6) is 0 Å². The Morgan fingerprint density at radius 3 is 2.65 bits per heavy atom. The molecule has 7 heteroatoms. The first-order valence-corrected chi connectivity index (χ1v) is 5.43. The van der Waals surface area contributed by atoms with Crippen LogP contribution in [0, 0.1) is 0 Å². The number of carbonyl (C=O) groups is 1. The van der Waals surface area contributed by atoms with Crippen molar-refractivity contribution in [3.8, 4) is 0 Å². The van der Waals surface area contributed by atoms with Crippen LogP contribution in [0.3, 0.4) is 0 Å². The Morgan fingerprint density at radius 2 is 2.00 bits per heavy atom. The van der Waals surface area contributed by atoms with Crippen molar-refractivity contribution in [1.82, 2.24) is 15.0 Å². The third-order valence-corrected chi connectivity index (χ3v) is 2.75. The molecule has 2 aromatic rings. The first-order valence-electron chi connectivity index (χ1n) is 4.61. The highest BCUT2D eigenvalue weighted by Crippen LogP contribution is 2.27. The molecule has 0 aliphatic rings. The lowest BCUT2D eigenvalue weighted by Crippen LogP contribution is -2.03. The molecule has 2 aromatic heterocycles. The predicted octanol–water partition coefficient (Wildman–Crippen LogP) is 1.30. The molecule has 0 fully saturated rings. The van der Waals surface area contributed by atoms with Gasteiger partial charge in [-0.3, -0.25) is 0 Å². The molecule has 17 heavy (non-hydrogen) atoms. The molecular formula is C10H8N4O2S. The van der Waals surface area contributed by atoms with E-state index in [4.69, 9.17) is 10.8 Å². The zero-order valence-electron chi connectivity index (χ0n) is 8.57. The third-order valence-electron chi connectivity index (χ3n) is 1.84. The van der Waals surface area contributed by atoms with E-state index in [-0.39, 0.29) is 5.69 Å². The van der Waals surface area contributed by atoms with Gasteiger partial charge in [0.25, 0.3) is 0 Å². The van der Waals surface area contributed by atoms with E-state index in [1.165, 1.54) is 12.1 Å². The minimum atomic E-state index is -1.10. The molecular weight excluding hydrogens is 240 g/mol. The monoisotopic (exact) mass is 248 g/mol. The molecule has 2 heterocycles. The molecule has 0 amide bonds. The highest BCUT2D eigenvalue weighted by atomic mass is 32.2. The average molecular weight is 248 g/mol. The minimum Gasteiger partial charge on any atom is -0.477 e. The summed E-state index contributed by atoms with van der Waals surface area (Å²) in [6.45, 7) is 0. The van der Waals surface area contributed by atoms with Gasteiger partial charge in [0, 0.05) is 12.4 Å². The molecule has 0 saturated heterocycles. The summed E-state index contributed by atoms with van der Waals surface area (Å²) in [6, 6.07) is 4.55. The fraction of sp³-hybridized carbons (Fsp3) is 0. The maximum absolute atomic E-state index is 10.8. The molecule has 0 saturated carbocycles. The van der Waals surface area contributed by atoms with Crippen molar-refractivity contribution < 1.29 is 9.90 Å². The quantitative estimate of drug-likeness (QED) is 0.789.